The molecule has 0 amide bonds. The van der Waals surface area contributed by atoms with Gasteiger partial charge in [-0.2, -0.15) is 0 Å². The van der Waals surface area contributed by atoms with E-state index in [-0.39, 0.29) is 6.10 Å². The van der Waals surface area contributed by atoms with Crippen molar-refractivity contribution in [3.63, 3.8) is 0 Å². The summed E-state index contributed by atoms with van der Waals surface area (Å²) in [6, 6.07) is 5.59. The molecule has 0 fully saturated rings. The second-order valence-electron chi connectivity index (χ2n) is 3.47. The summed E-state index contributed by atoms with van der Waals surface area (Å²) in [4.78, 5) is 10.2. The number of methoxy groups -OCH3 is 2. The summed E-state index contributed by atoms with van der Waals surface area (Å²) in [5, 5.41) is 0. The van der Waals surface area contributed by atoms with Crippen molar-refractivity contribution in [3.8, 4) is 11.5 Å². The molecule has 0 bridgehead atoms. The Morgan fingerprint density at radius 1 is 1.19 bits per heavy atom. The molecule has 1 rings (SSSR count). The molecule has 0 heterocycles. The maximum atomic E-state index is 10.2. The van der Waals surface area contributed by atoms with E-state index in [1.54, 1.807) is 20.3 Å². The molecule has 0 aliphatic heterocycles. The van der Waals surface area contributed by atoms with Crippen LogP contribution in [0.15, 0.2) is 18.2 Å². The molecule has 0 saturated heterocycles. The van der Waals surface area contributed by atoms with E-state index in [4.69, 9.17) is 14.2 Å². The van der Waals surface area contributed by atoms with Crippen LogP contribution in [0.3, 0.4) is 0 Å². The molecule has 0 aliphatic rings. The van der Waals surface area contributed by atoms with E-state index in [1.807, 2.05) is 19.1 Å². The van der Waals surface area contributed by atoms with Crippen LogP contribution < -0.4 is 9.47 Å². The Morgan fingerprint density at radius 3 is 2.19 bits per heavy atom. The maximum Gasteiger partial charge on any atom is 0.293 e. The van der Waals surface area contributed by atoms with Crippen molar-refractivity contribution in [3.05, 3.63) is 23.8 Å². The first-order chi connectivity index (χ1) is 7.69. The molecule has 0 aliphatic carbocycles. The summed E-state index contributed by atoms with van der Waals surface area (Å²) in [5.41, 5.74) is 1.01. The van der Waals surface area contributed by atoms with Gasteiger partial charge in [0.15, 0.2) is 0 Å². The second-order valence-corrected chi connectivity index (χ2v) is 3.47. The highest BCUT2D eigenvalue weighted by Gasteiger charge is 2.07. The average molecular weight is 224 g/mol. The minimum atomic E-state index is -0.158. The lowest BCUT2D eigenvalue weighted by atomic mass is 10.1. The number of rotatable bonds is 6. The van der Waals surface area contributed by atoms with E-state index in [1.165, 1.54) is 0 Å². The molecule has 16 heavy (non-hydrogen) atoms. The molecule has 4 nitrogen and oxygen atoms in total. The fourth-order valence-electron chi connectivity index (χ4n) is 1.46. The summed E-state index contributed by atoms with van der Waals surface area (Å²) < 4.78 is 15.1. The van der Waals surface area contributed by atoms with Gasteiger partial charge < -0.3 is 14.2 Å². The number of benzene rings is 1. The summed E-state index contributed by atoms with van der Waals surface area (Å²) in [6.45, 7) is 2.29. The zero-order valence-corrected chi connectivity index (χ0v) is 9.73. The van der Waals surface area contributed by atoms with E-state index in [2.05, 4.69) is 0 Å². The molecule has 88 valence electrons. The molecule has 0 radical (unpaired) electrons. The number of hydrogen-bond acceptors (Lipinski definition) is 4. The first-order valence-electron chi connectivity index (χ1n) is 5.00. The smallest absolute Gasteiger partial charge is 0.293 e. The summed E-state index contributed by atoms with van der Waals surface area (Å²) in [6.07, 6.45) is 0.473. The minimum absolute atomic E-state index is 0.158. The van der Waals surface area contributed by atoms with Gasteiger partial charge in [0.05, 0.1) is 14.2 Å². The Labute approximate surface area is 95.1 Å². The third-order valence-corrected chi connectivity index (χ3v) is 2.22. The SMILES string of the molecule is COc1cc(CC(C)OC=O)cc(OC)c1. The first kappa shape index (κ1) is 12.4. The predicted octanol–water partition coefficient (Wildman–Crippen LogP) is 1.81. The molecule has 0 aromatic heterocycles. The van der Waals surface area contributed by atoms with E-state index in [0.29, 0.717) is 12.9 Å². The third-order valence-electron chi connectivity index (χ3n) is 2.22. The Balaban J connectivity index is 2.81. The van der Waals surface area contributed by atoms with Gasteiger partial charge in [-0.25, -0.2) is 0 Å². The van der Waals surface area contributed by atoms with Crippen LogP contribution in [0.4, 0.5) is 0 Å². The lowest BCUT2D eigenvalue weighted by Gasteiger charge is -2.12. The Hall–Kier alpha value is -1.71. The molecule has 1 atom stereocenters. The Kier molecular flexibility index (Phi) is 4.64. The van der Waals surface area contributed by atoms with E-state index >= 15 is 0 Å². The van der Waals surface area contributed by atoms with Gasteiger partial charge in [-0.3, -0.25) is 4.79 Å². The standard InChI is InChI=1S/C12H16O4/c1-9(16-8-13)4-10-5-11(14-2)7-12(6-10)15-3/h5-9H,4H2,1-3H3. The minimum Gasteiger partial charge on any atom is -0.497 e. The largest absolute Gasteiger partial charge is 0.497 e. The van der Waals surface area contributed by atoms with Crippen molar-refractivity contribution < 1.29 is 19.0 Å². The van der Waals surface area contributed by atoms with Crippen molar-refractivity contribution in [1.29, 1.82) is 0 Å². The van der Waals surface area contributed by atoms with Gasteiger partial charge in [-0.05, 0) is 24.6 Å². The van der Waals surface area contributed by atoms with E-state index in [0.717, 1.165) is 17.1 Å². The molecule has 1 aromatic carbocycles. The van der Waals surface area contributed by atoms with Gasteiger partial charge >= 0.3 is 0 Å². The average Bonchev–Trinajstić information content (AvgIpc) is 2.28. The fraction of sp³-hybridized carbons (Fsp3) is 0.417. The van der Waals surface area contributed by atoms with Crippen LogP contribution in [0.5, 0.6) is 11.5 Å². The van der Waals surface area contributed by atoms with Crippen LogP contribution in [-0.2, 0) is 16.0 Å². The van der Waals surface area contributed by atoms with Crippen molar-refractivity contribution in [1.82, 2.24) is 0 Å². The van der Waals surface area contributed by atoms with Crippen LogP contribution in [-0.4, -0.2) is 26.8 Å². The quantitative estimate of drug-likeness (QED) is 0.691. The van der Waals surface area contributed by atoms with Crippen LogP contribution in [0.25, 0.3) is 0 Å². The van der Waals surface area contributed by atoms with E-state index in [9.17, 15) is 4.79 Å². The molecular formula is C12H16O4. The first-order valence-corrected chi connectivity index (χ1v) is 5.00. The molecular weight excluding hydrogens is 208 g/mol. The van der Waals surface area contributed by atoms with Crippen LogP contribution in [0.2, 0.25) is 0 Å². The molecule has 1 unspecified atom stereocenters. The van der Waals surface area contributed by atoms with Gasteiger partial charge in [0.1, 0.15) is 17.6 Å². The number of carbonyl (C=O) groups is 1. The highest BCUT2D eigenvalue weighted by Crippen LogP contribution is 2.23. The van der Waals surface area contributed by atoms with Crippen molar-refractivity contribution in [2.24, 2.45) is 0 Å². The van der Waals surface area contributed by atoms with Crippen LogP contribution >= 0.6 is 0 Å². The topological polar surface area (TPSA) is 44.8 Å². The highest BCUT2D eigenvalue weighted by atomic mass is 16.5. The number of hydrogen-bond donors (Lipinski definition) is 0. The van der Waals surface area contributed by atoms with Crippen molar-refractivity contribution in [2.75, 3.05) is 14.2 Å². The molecule has 0 spiro atoms. The van der Waals surface area contributed by atoms with Gasteiger partial charge in [0.25, 0.3) is 6.47 Å². The van der Waals surface area contributed by atoms with Crippen molar-refractivity contribution in [2.45, 2.75) is 19.4 Å². The van der Waals surface area contributed by atoms with Gasteiger partial charge in [-0.1, -0.05) is 0 Å². The Bertz CT molecular complexity index is 327. The van der Waals surface area contributed by atoms with Crippen LogP contribution in [0, 0.1) is 0 Å². The second kappa shape index (κ2) is 6.00. The lowest BCUT2D eigenvalue weighted by molar-refractivity contribution is -0.132. The maximum absolute atomic E-state index is 10.2. The fourth-order valence-corrected chi connectivity index (χ4v) is 1.46. The normalized spacial score (nSPS) is 11.7. The zero-order valence-electron chi connectivity index (χ0n) is 9.73. The predicted molar refractivity (Wildman–Crippen MR) is 59.9 cm³/mol. The molecule has 0 saturated carbocycles. The zero-order chi connectivity index (χ0) is 12.0. The van der Waals surface area contributed by atoms with Crippen LogP contribution in [0.1, 0.15) is 12.5 Å². The third kappa shape index (κ3) is 3.46. The van der Waals surface area contributed by atoms with E-state index < -0.39 is 0 Å². The van der Waals surface area contributed by atoms with Crippen molar-refractivity contribution >= 4 is 6.47 Å². The monoisotopic (exact) mass is 224 g/mol. The number of carbonyl (C=O) groups excluding carboxylic acids is 1. The molecule has 0 N–H and O–H groups in total. The Morgan fingerprint density at radius 2 is 1.75 bits per heavy atom. The summed E-state index contributed by atoms with van der Waals surface area (Å²) in [7, 11) is 3.20. The lowest BCUT2D eigenvalue weighted by Crippen LogP contribution is -2.10. The number of ether oxygens (including phenoxy) is 3. The molecule has 1 aromatic rings. The summed E-state index contributed by atoms with van der Waals surface area (Å²) in [5.74, 6) is 1.46. The summed E-state index contributed by atoms with van der Waals surface area (Å²) >= 11 is 0. The van der Waals surface area contributed by atoms with Gasteiger partial charge in [0, 0.05) is 12.5 Å². The van der Waals surface area contributed by atoms with Gasteiger partial charge in [-0.15, -0.1) is 0 Å². The van der Waals surface area contributed by atoms with Gasteiger partial charge in [0.2, 0.25) is 0 Å². The highest BCUT2D eigenvalue weighted by molar-refractivity contribution is 5.40. The molecule has 4 heteroatoms.